The second kappa shape index (κ2) is 8.72. The molecule has 1 N–H and O–H groups in total. The summed E-state index contributed by atoms with van der Waals surface area (Å²) in [6, 6.07) is 7.45. The molecule has 4 heterocycles. The van der Waals surface area contributed by atoms with Gasteiger partial charge in [-0.2, -0.15) is 0 Å². The molecule has 2 aliphatic heterocycles. The van der Waals surface area contributed by atoms with E-state index in [-0.39, 0.29) is 11.5 Å². The van der Waals surface area contributed by atoms with Crippen molar-refractivity contribution in [3.63, 3.8) is 0 Å². The average Bonchev–Trinajstić information content (AvgIpc) is 2.72. The van der Waals surface area contributed by atoms with Crippen LogP contribution >= 0.6 is 0 Å². The number of rotatable bonds is 6. The summed E-state index contributed by atoms with van der Waals surface area (Å²) in [5.74, 6) is 1.48. The molecule has 1 fully saturated rings. The Balaban J connectivity index is 1.59. The predicted molar refractivity (Wildman–Crippen MR) is 119 cm³/mol. The van der Waals surface area contributed by atoms with Gasteiger partial charge in [-0.1, -0.05) is 20.8 Å². The Bertz CT molecular complexity index is 964. The highest BCUT2D eigenvalue weighted by Crippen LogP contribution is 2.36. The number of carbonyl (C=O) groups excluding carboxylic acids is 1. The number of hydrogen-bond acceptors (Lipinski definition) is 4. The van der Waals surface area contributed by atoms with Gasteiger partial charge in [0, 0.05) is 62.2 Å². The Morgan fingerprint density at radius 2 is 2.07 bits per heavy atom. The Kier molecular flexibility index (Phi) is 6.04. The maximum Gasteiger partial charge on any atom is 0.252 e. The molecule has 1 saturated heterocycles. The van der Waals surface area contributed by atoms with Gasteiger partial charge in [-0.3, -0.25) is 14.6 Å². The van der Waals surface area contributed by atoms with Gasteiger partial charge in [0.05, 0.1) is 11.3 Å². The first-order valence-corrected chi connectivity index (χ1v) is 11.2. The molecule has 0 spiro atoms. The molecule has 2 aliphatic rings. The summed E-state index contributed by atoms with van der Waals surface area (Å²) in [4.78, 5) is 32.1. The number of amides is 1. The van der Waals surface area contributed by atoms with Crippen molar-refractivity contribution in [3.8, 4) is 11.3 Å². The molecule has 0 radical (unpaired) electrons. The Morgan fingerprint density at radius 1 is 1.23 bits per heavy atom. The van der Waals surface area contributed by atoms with Gasteiger partial charge < -0.3 is 14.8 Å². The summed E-state index contributed by atoms with van der Waals surface area (Å²) in [6.45, 7) is 11.2. The van der Waals surface area contributed by atoms with E-state index in [0.29, 0.717) is 29.9 Å². The molecule has 0 saturated carbocycles. The van der Waals surface area contributed by atoms with Gasteiger partial charge in [-0.15, -0.1) is 0 Å². The Morgan fingerprint density at radius 3 is 2.77 bits per heavy atom. The van der Waals surface area contributed by atoms with E-state index in [1.807, 2.05) is 17.6 Å². The summed E-state index contributed by atoms with van der Waals surface area (Å²) >= 11 is 0. The van der Waals surface area contributed by atoms with E-state index in [9.17, 15) is 9.59 Å². The monoisotopic (exact) mass is 408 g/mol. The van der Waals surface area contributed by atoms with Crippen LogP contribution in [0.5, 0.6) is 0 Å². The topological polar surface area (TPSA) is 67.2 Å². The molecule has 160 valence electrons. The van der Waals surface area contributed by atoms with E-state index in [2.05, 4.69) is 35.1 Å². The number of aromatic nitrogens is 2. The lowest BCUT2D eigenvalue weighted by molar-refractivity contribution is 0.0953. The van der Waals surface area contributed by atoms with E-state index in [0.717, 1.165) is 56.0 Å². The molecule has 30 heavy (non-hydrogen) atoms. The Hall–Kier alpha value is -2.47. The van der Waals surface area contributed by atoms with Crippen molar-refractivity contribution >= 4 is 5.91 Å². The van der Waals surface area contributed by atoms with Crippen LogP contribution in [0.15, 0.2) is 35.3 Å². The van der Waals surface area contributed by atoms with Crippen molar-refractivity contribution < 1.29 is 4.79 Å². The zero-order valence-electron chi connectivity index (χ0n) is 18.2. The van der Waals surface area contributed by atoms with Gasteiger partial charge in [-0.05, 0) is 42.9 Å². The second-order valence-electron chi connectivity index (χ2n) is 9.22. The molecule has 2 atom stereocenters. The first-order chi connectivity index (χ1) is 14.4. The van der Waals surface area contributed by atoms with E-state index < -0.39 is 0 Å². The highest BCUT2D eigenvalue weighted by atomic mass is 16.1. The number of likely N-dealkylation sites (tertiary alicyclic amines) is 1. The first-order valence-electron chi connectivity index (χ1n) is 11.2. The zero-order chi connectivity index (χ0) is 21.3. The molecular weight excluding hydrogens is 376 g/mol. The van der Waals surface area contributed by atoms with E-state index in [1.54, 1.807) is 18.3 Å². The minimum absolute atomic E-state index is 0.0566. The smallest absolute Gasteiger partial charge is 0.252 e. The number of carbonyl (C=O) groups is 1. The van der Waals surface area contributed by atoms with Crippen molar-refractivity contribution in [3.05, 3.63) is 52.1 Å². The molecule has 0 aliphatic carbocycles. The molecule has 4 rings (SSSR count). The van der Waals surface area contributed by atoms with Crippen LogP contribution in [0.4, 0.5) is 0 Å². The molecule has 2 bridgehead atoms. The highest BCUT2D eigenvalue weighted by molar-refractivity contribution is 5.94. The van der Waals surface area contributed by atoms with Crippen LogP contribution in [0, 0.1) is 11.8 Å². The SMILES string of the molecule is CCCNC(=O)c1ccc(-c2cc3n(c(=O)c2)C[C@H]2C[C@@H]3CN(CC(C)C)C2)nc1. The number of hydrogen-bond donors (Lipinski definition) is 1. The summed E-state index contributed by atoms with van der Waals surface area (Å²) in [7, 11) is 0. The first kappa shape index (κ1) is 20.8. The third kappa shape index (κ3) is 4.33. The fraction of sp³-hybridized carbons (Fsp3) is 0.542. The predicted octanol–water partition coefficient (Wildman–Crippen LogP) is 3.13. The van der Waals surface area contributed by atoms with Gasteiger partial charge in [0.25, 0.3) is 11.5 Å². The molecular formula is C24H32N4O2. The minimum Gasteiger partial charge on any atom is -0.352 e. The number of pyridine rings is 2. The van der Waals surface area contributed by atoms with Crippen LogP contribution in [0.1, 0.15) is 55.6 Å². The summed E-state index contributed by atoms with van der Waals surface area (Å²) in [5, 5.41) is 2.86. The van der Waals surface area contributed by atoms with Gasteiger partial charge in [0.2, 0.25) is 0 Å². The fourth-order valence-corrected chi connectivity index (χ4v) is 4.91. The van der Waals surface area contributed by atoms with Gasteiger partial charge in [-0.25, -0.2) is 0 Å². The number of fused-ring (bicyclic) bond motifs is 4. The van der Waals surface area contributed by atoms with Crippen molar-refractivity contribution in [2.45, 2.75) is 46.1 Å². The summed E-state index contributed by atoms with van der Waals surface area (Å²) in [6.07, 6.45) is 3.65. The molecule has 0 aromatic carbocycles. The molecule has 2 aromatic rings. The lowest BCUT2D eigenvalue weighted by Crippen LogP contribution is -2.48. The average molecular weight is 409 g/mol. The molecule has 2 aromatic heterocycles. The second-order valence-corrected chi connectivity index (χ2v) is 9.22. The van der Waals surface area contributed by atoms with Crippen molar-refractivity contribution in [1.82, 2.24) is 19.8 Å². The van der Waals surface area contributed by atoms with Crippen molar-refractivity contribution in [1.29, 1.82) is 0 Å². The lowest BCUT2D eigenvalue weighted by atomic mass is 9.82. The van der Waals surface area contributed by atoms with Crippen LogP contribution in [-0.2, 0) is 6.54 Å². The quantitative estimate of drug-likeness (QED) is 0.797. The third-order valence-corrected chi connectivity index (χ3v) is 6.11. The maximum absolute atomic E-state index is 12.9. The number of nitrogens with zero attached hydrogens (tertiary/aromatic N) is 3. The summed E-state index contributed by atoms with van der Waals surface area (Å²) in [5.41, 5.74) is 3.31. The normalized spacial score (nSPS) is 20.8. The number of piperidine rings is 1. The van der Waals surface area contributed by atoms with Crippen molar-refractivity contribution in [2.24, 2.45) is 11.8 Å². The minimum atomic E-state index is -0.111. The molecule has 1 amide bonds. The highest BCUT2D eigenvalue weighted by Gasteiger charge is 2.35. The van der Waals surface area contributed by atoms with Crippen LogP contribution in [-0.4, -0.2) is 46.5 Å². The third-order valence-electron chi connectivity index (χ3n) is 6.11. The van der Waals surface area contributed by atoms with E-state index in [4.69, 9.17) is 0 Å². The number of nitrogens with one attached hydrogen (secondary N) is 1. The van der Waals surface area contributed by atoms with Gasteiger partial charge in [0.15, 0.2) is 0 Å². The largest absolute Gasteiger partial charge is 0.352 e. The zero-order valence-corrected chi connectivity index (χ0v) is 18.2. The molecule has 6 nitrogen and oxygen atoms in total. The lowest BCUT2D eigenvalue weighted by Gasteiger charge is -2.43. The van der Waals surface area contributed by atoms with Gasteiger partial charge in [0.1, 0.15) is 0 Å². The van der Waals surface area contributed by atoms with Crippen LogP contribution < -0.4 is 10.9 Å². The van der Waals surface area contributed by atoms with Crippen LogP contribution in [0.25, 0.3) is 11.3 Å². The fourth-order valence-electron chi connectivity index (χ4n) is 4.91. The molecule has 0 unspecified atom stereocenters. The molecule has 6 heteroatoms. The maximum atomic E-state index is 12.9. The van der Waals surface area contributed by atoms with Gasteiger partial charge >= 0.3 is 0 Å². The Labute approximate surface area is 178 Å². The summed E-state index contributed by atoms with van der Waals surface area (Å²) < 4.78 is 1.97. The standard InChI is InChI=1S/C24H32N4O2/c1-4-7-25-24(30)18-5-6-21(26-11-18)19-9-22-20-8-17(14-28(22)23(29)10-19)13-27(15-20)12-16(2)3/h5-6,9-11,16-17,20H,4,7-8,12-15H2,1-3H3,(H,25,30)/t17-,20+/m0/s1. The van der Waals surface area contributed by atoms with Crippen LogP contribution in [0.2, 0.25) is 0 Å². The van der Waals surface area contributed by atoms with E-state index >= 15 is 0 Å². The van der Waals surface area contributed by atoms with E-state index in [1.165, 1.54) is 0 Å². The van der Waals surface area contributed by atoms with Crippen molar-refractivity contribution in [2.75, 3.05) is 26.2 Å². The van der Waals surface area contributed by atoms with Crippen LogP contribution in [0.3, 0.4) is 0 Å².